The number of aromatic nitrogens is 2. The lowest BCUT2D eigenvalue weighted by molar-refractivity contribution is 0.620. The molecule has 0 N–H and O–H groups in total. The number of furan rings is 1. The molecule has 0 atom stereocenters. The molecule has 5 aromatic carbocycles. The van der Waals surface area contributed by atoms with Crippen LogP contribution in [0.1, 0.15) is 0 Å². The molecule has 8 aromatic rings. The van der Waals surface area contributed by atoms with E-state index in [2.05, 4.69) is 71.3 Å². The van der Waals surface area contributed by atoms with E-state index in [0.717, 1.165) is 55.3 Å². The van der Waals surface area contributed by atoms with Gasteiger partial charge in [0.05, 0.1) is 16.7 Å². The molecule has 35 heavy (non-hydrogen) atoms. The van der Waals surface area contributed by atoms with E-state index in [4.69, 9.17) is 13.8 Å². The lowest BCUT2D eigenvalue weighted by Gasteiger charge is -2.10. The SMILES string of the molecule is c1ccc2oc(-c3ccc(-n4c5ccccc5c5ccccc54)c4oc5ccccc5c34)nc2c1. The number of fused-ring (bicyclic) bond motifs is 7. The minimum atomic E-state index is 0.594. The third-order valence-electron chi connectivity index (χ3n) is 6.85. The molecule has 164 valence electrons. The van der Waals surface area contributed by atoms with Gasteiger partial charge in [-0.15, -0.1) is 0 Å². The molecule has 0 aliphatic heterocycles. The molecule has 0 aliphatic rings. The molecule has 0 radical (unpaired) electrons. The Balaban J connectivity index is 1.53. The van der Waals surface area contributed by atoms with E-state index < -0.39 is 0 Å². The zero-order chi connectivity index (χ0) is 22.9. The summed E-state index contributed by atoms with van der Waals surface area (Å²) in [5, 5.41) is 4.49. The number of nitrogens with zero attached hydrogens (tertiary/aromatic N) is 2. The van der Waals surface area contributed by atoms with Crippen molar-refractivity contribution in [2.45, 2.75) is 0 Å². The van der Waals surface area contributed by atoms with Crippen molar-refractivity contribution in [3.05, 3.63) is 109 Å². The zero-order valence-electron chi connectivity index (χ0n) is 18.6. The smallest absolute Gasteiger partial charge is 0.228 e. The summed E-state index contributed by atoms with van der Waals surface area (Å²) in [7, 11) is 0. The predicted octanol–water partition coefficient (Wildman–Crippen LogP) is 8.49. The van der Waals surface area contributed by atoms with Crippen molar-refractivity contribution in [2.75, 3.05) is 0 Å². The van der Waals surface area contributed by atoms with Crippen molar-refractivity contribution in [2.24, 2.45) is 0 Å². The quantitative estimate of drug-likeness (QED) is 0.265. The predicted molar refractivity (Wildman–Crippen MR) is 141 cm³/mol. The Hall–Kier alpha value is -4.83. The monoisotopic (exact) mass is 450 g/mol. The summed E-state index contributed by atoms with van der Waals surface area (Å²) in [6, 6.07) is 37.3. The third kappa shape index (κ3) is 2.53. The maximum absolute atomic E-state index is 6.55. The minimum absolute atomic E-state index is 0.594. The largest absolute Gasteiger partial charge is 0.454 e. The van der Waals surface area contributed by atoms with Crippen LogP contribution in [0.2, 0.25) is 0 Å². The van der Waals surface area contributed by atoms with Crippen molar-refractivity contribution in [1.29, 1.82) is 0 Å². The van der Waals surface area contributed by atoms with Gasteiger partial charge in [-0.2, -0.15) is 0 Å². The van der Waals surface area contributed by atoms with Crippen LogP contribution in [0.3, 0.4) is 0 Å². The molecule has 0 fully saturated rings. The van der Waals surface area contributed by atoms with Crippen LogP contribution in [0.5, 0.6) is 0 Å². The second-order valence-corrected chi connectivity index (χ2v) is 8.79. The summed E-state index contributed by atoms with van der Waals surface area (Å²) in [6.07, 6.45) is 0. The Labute approximate surface area is 199 Å². The van der Waals surface area contributed by atoms with Crippen LogP contribution in [0.4, 0.5) is 0 Å². The molecule has 0 aliphatic carbocycles. The van der Waals surface area contributed by atoms with Gasteiger partial charge in [0.1, 0.15) is 11.1 Å². The summed E-state index contributed by atoms with van der Waals surface area (Å²) in [5.41, 5.74) is 7.48. The molecular formula is C31H18N2O2. The second kappa shape index (κ2) is 6.84. The normalized spacial score (nSPS) is 12.0. The van der Waals surface area contributed by atoms with Crippen LogP contribution >= 0.6 is 0 Å². The van der Waals surface area contributed by atoms with Gasteiger partial charge in [-0.05, 0) is 42.5 Å². The Morgan fingerprint density at radius 2 is 1.17 bits per heavy atom. The molecule has 0 unspecified atom stereocenters. The maximum Gasteiger partial charge on any atom is 0.228 e. The van der Waals surface area contributed by atoms with Gasteiger partial charge >= 0.3 is 0 Å². The van der Waals surface area contributed by atoms with Gasteiger partial charge in [0.2, 0.25) is 5.89 Å². The molecule has 3 heterocycles. The molecule has 0 bridgehead atoms. The summed E-state index contributed by atoms with van der Waals surface area (Å²) in [4.78, 5) is 4.80. The highest BCUT2D eigenvalue weighted by atomic mass is 16.3. The van der Waals surface area contributed by atoms with Gasteiger partial charge in [0.25, 0.3) is 0 Å². The highest BCUT2D eigenvalue weighted by Gasteiger charge is 2.22. The fourth-order valence-corrected chi connectivity index (χ4v) is 5.34. The first-order valence-electron chi connectivity index (χ1n) is 11.7. The summed E-state index contributed by atoms with van der Waals surface area (Å²) >= 11 is 0. The number of hydrogen-bond acceptors (Lipinski definition) is 3. The van der Waals surface area contributed by atoms with E-state index in [1.165, 1.54) is 10.8 Å². The lowest BCUT2D eigenvalue weighted by Crippen LogP contribution is -1.95. The van der Waals surface area contributed by atoms with Crippen molar-refractivity contribution >= 4 is 54.8 Å². The van der Waals surface area contributed by atoms with E-state index in [1.807, 2.05) is 42.5 Å². The first-order valence-corrected chi connectivity index (χ1v) is 11.7. The summed E-state index contributed by atoms with van der Waals surface area (Å²) in [6.45, 7) is 0. The molecule has 0 saturated carbocycles. The fourth-order valence-electron chi connectivity index (χ4n) is 5.34. The van der Waals surface area contributed by atoms with Gasteiger partial charge in [-0.25, -0.2) is 4.98 Å². The molecule has 0 spiro atoms. The number of para-hydroxylation sites is 5. The topological polar surface area (TPSA) is 44.1 Å². The zero-order valence-corrected chi connectivity index (χ0v) is 18.6. The third-order valence-corrected chi connectivity index (χ3v) is 6.85. The van der Waals surface area contributed by atoms with Gasteiger partial charge in [-0.1, -0.05) is 66.7 Å². The number of benzene rings is 5. The van der Waals surface area contributed by atoms with Crippen LogP contribution in [0.25, 0.3) is 72.0 Å². The Bertz CT molecular complexity index is 1990. The summed E-state index contributed by atoms with van der Waals surface area (Å²) in [5.74, 6) is 0.594. The maximum atomic E-state index is 6.55. The Morgan fingerprint density at radius 1 is 0.543 bits per heavy atom. The van der Waals surface area contributed by atoms with E-state index in [0.29, 0.717) is 5.89 Å². The standard InChI is InChI=1S/C31H18N2O2/c1-5-13-24-19(9-1)20-10-2-6-14-25(20)33(24)26-18-17-22(31-32-23-12-4-8-16-28(23)35-31)29-21-11-3-7-15-27(21)34-30(26)29/h1-18H. The Morgan fingerprint density at radius 3 is 1.91 bits per heavy atom. The number of hydrogen-bond donors (Lipinski definition) is 0. The molecule has 4 nitrogen and oxygen atoms in total. The van der Waals surface area contributed by atoms with Crippen molar-refractivity contribution in [3.8, 4) is 17.1 Å². The first kappa shape index (κ1) is 18.6. The van der Waals surface area contributed by atoms with Gasteiger partial charge in [0, 0.05) is 27.1 Å². The minimum Gasteiger partial charge on any atom is -0.454 e. The second-order valence-electron chi connectivity index (χ2n) is 8.79. The molecule has 0 saturated heterocycles. The molecule has 8 rings (SSSR count). The van der Waals surface area contributed by atoms with Gasteiger partial charge in [-0.3, -0.25) is 0 Å². The van der Waals surface area contributed by atoms with Crippen LogP contribution in [0.15, 0.2) is 118 Å². The van der Waals surface area contributed by atoms with Crippen molar-refractivity contribution < 1.29 is 8.83 Å². The van der Waals surface area contributed by atoms with Crippen molar-refractivity contribution in [1.82, 2.24) is 9.55 Å². The fraction of sp³-hybridized carbons (Fsp3) is 0. The number of oxazole rings is 1. The highest BCUT2D eigenvalue weighted by molar-refractivity contribution is 6.16. The van der Waals surface area contributed by atoms with Crippen LogP contribution in [0, 0.1) is 0 Å². The molecule has 0 amide bonds. The van der Waals surface area contributed by atoms with Crippen LogP contribution < -0.4 is 0 Å². The van der Waals surface area contributed by atoms with E-state index >= 15 is 0 Å². The molecule has 3 aromatic heterocycles. The van der Waals surface area contributed by atoms with E-state index in [9.17, 15) is 0 Å². The summed E-state index contributed by atoms with van der Waals surface area (Å²) < 4.78 is 15.0. The van der Waals surface area contributed by atoms with Crippen LogP contribution in [-0.2, 0) is 0 Å². The first-order chi connectivity index (χ1) is 17.4. The van der Waals surface area contributed by atoms with Gasteiger partial charge in [0.15, 0.2) is 11.2 Å². The molecular weight excluding hydrogens is 432 g/mol. The highest BCUT2D eigenvalue weighted by Crippen LogP contribution is 2.42. The Kier molecular flexibility index (Phi) is 3.63. The van der Waals surface area contributed by atoms with E-state index in [-0.39, 0.29) is 0 Å². The lowest BCUT2D eigenvalue weighted by atomic mass is 10.0. The van der Waals surface area contributed by atoms with Crippen molar-refractivity contribution in [3.63, 3.8) is 0 Å². The average molecular weight is 450 g/mol. The van der Waals surface area contributed by atoms with Crippen LogP contribution in [-0.4, -0.2) is 9.55 Å². The average Bonchev–Trinajstić information content (AvgIpc) is 3.60. The molecule has 4 heteroatoms. The van der Waals surface area contributed by atoms with Gasteiger partial charge < -0.3 is 13.4 Å². The van der Waals surface area contributed by atoms with E-state index in [1.54, 1.807) is 0 Å². The number of rotatable bonds is 2.